The molecule has 1 spiro atoms. The van der Waals surface area contributed by atoms with Gasteiger partial charge in [-0.25, -0.2) is 0 Å². The van der Waals surface area contributed by atoms with Gasteiger partial charge in [-0.2, -0.15) is 0 Å². The van der Waals surface area contributed by atoms with Crippen molar-refractivity contribution >= 4 is 17.3 Å². The minimum absolute atomic E-state index is 0.338. The van der Waals surface area contributed by atoms with E-state index in [4.69, 9.17) is 9.47 Å². The molecular formula is C21H34N4O2S. The number of morpholine rings is 1. The fraction of sp³-hybridized carbons (Fsp3) is 0.762. The molecule has 4 rings (SSSR count). The third kappa shape index (κ3) is 3.95. The van der Waals surface area contributed by atoms with Crippen molar-refractivity contribution < 1.29 is 9.47 Å². The van der Waals surface area contributed by atoms with Crippen LogP contribution in [0.5, 0.6) is 0 Å². The number of aliphatic imine (C=N–C) groups is 1. The number of rotatable bonds is 7. The number of guanidine groups is 1. The van der Waals surface area contributed by atoms with Crippen molar-refractivity contribution in [3.8, 4) is 0 Å². The van der Waals surface area contributed by atoms with E-state index in [0.717, 1.165) is 51.8 Å². The third-order valence-corrected chi connectivity index (χ3v) is 7.77. The number of nitrogens with one attached hydrogen (secondary N) is 2. The van der Waals surface area contributed by atoms with E-state index in [0.29, 0.717) is 23.6 Å². The zero-order valence-corrected chi connectivity index (χ0v) is 18.0. The second-order valence-corrected chi connectivity index (χ2v) is 9.08. The first-order valence-electron chi connectivity index (χ1n) is 10.7. The lowest BCUT2D eigenvalue weighted by molar-refractivity contribution is -0.168. The van der Waals surface area contributed by atoms with E-state index in [2.05, 4.69) is 45.0 Å². The lowest BCUT2D eigenvalue weighted by Gasteiger charge is -2.61. The third-order valence-electron chi connectivity index (χ3n) is 6.79. The van der Waals surface area contributed by atoms with E-state index in [1.54, 1.807) is 0 Å². The number of thiophene rings is 1. The van der Waals surface area contributed by atoms with Crippen LogP contribution in [0.3, 0.4) is 0 Å². The van der Waals surface area contributed by atoms with Gasteiger partial charge in [0.1, 0.15) is 0 Å². The van der Waals surface area contributed by atoms with Gasteiger partial charge in [-0.3, -0.25) is 9.89 Å². The minimum atomic E-state index is 0.338. The highest BCUT2D eigenvalue weighted by molar-refractivity contribution is 7.10. The number of ether oxygens (including phenoxy) is 2. The molecule has 1 aromatic heterocycles. The highest BCUT2D eigenvalue weighted by Crippen LogP contribution is 2.57. The molecule has 7 heteroatoms. The molecule has 1 saturated heterocycles. The van der Waals surface area contributed by atoms with Gasteiger partial charge in [0.15, 0.2) is 5.96 Å². The first-order chi connectivity index (χ1) is 13.8. The zero-order chi connectivity index (χ0) is 19.4. The Morgan fingerprint density at radius 3 is 2.86 bits per heavy atom. The quantitative estimate of drug-likeness (QED) is 0.539. The van der Waals surface area contributed by atoms with Crippen LogP contribution in [-0.4, -0.2) is 69.5 Å². The van der Waals surface area contributed by atoms with E-state index < -0.39 is 0 Å². The number of hydrogen-bond donors (Lipinski definition) is 2. The molecule has 0 aromatic carbocycles. The Hall–Kier alpha value is -1.15. The molecule has 2 N–H and O–H groups in total. The van der Waals surface area contributed by atoms with Gasteiger partial charge in [0, 0.05) is 49.6 Å². The fourth-order valence-electron chi connectivity index (χ4n) is 4.97. The summed E-state index contributed by atoms with van der Waals surface area (Å²) in [4.78, 5) is 8.45. The smallest absolute Gasteiger partial charge is 0.191 e. The molecule has 3 unspecified atom stereocenters. The van der Waals surface area contributed by atoms with Crippen LogP contribution in [0, 0.1) is 5.41 Å². The Bertz CT molecular complexity index is 641. The number of hydrogen-bond acceptors (Lipinski definition) is 5. The van der Waals surface area contributed by atoms with Crippen molar-refractivity contribution in [3.05, 3.63) is 22.4 Å². The van der Waals surface area contributed by atoms with Crippen LogP contribution >= 0.6 is 11.3 Å². The Morgan fingerprint density at radius 2 is 2.25 bits per heavy atom. The van der Waals surface area contributed by atoms with E-state index in [9.17, 15) is 0 Å². The minimum Gasteiger partial charge on any atom is -0.379 e. The van der Waals surface area contributed by atoms with Gasteiger partial charge in [-0.1, -0.05) is 12.5 Å². The SMILES string of the molecule is CCOC1CC(NC(=NC)NCC(c2cccs2)N2CCOCC2)C12CCC2. The molecule has 0 amide bonds. The van der Waals surface area contributed by atoms with Crippen LogP contribution in [0.15, 0.2) is 22.5 Å². The van der Waals surface area contributed by atoms with Gasteiger partial charge in [0.25, 0.3) is 0 Å². The van der Waals surface area contributed by atoms with Gasteiger partial charge in [0.2, 0.25) is 0 Å². The first kappa shape index (κ1) is 20.1. The summed E-state index contributed by atoms with van der Waals surface area (Å²) in [6.07, 6.45) is 5.39. The Labute approximate surface area is 172 Å². The van der Waals surface area contributed by atoms with Crippen molar-refractivity contribution in [1.82, 2.24) is 15.5 Å². The summed E-state index contributed by atoms with van der Waals surface area (Å²) >= 11 is 1.83. The normalized spacial score (nSPS) is 28.4. The van der Waals surface area contributed by atoms with Crippen LogP contribution in [0.2, 0.25) is 0 Å². The maximum Gasteiger partial charge on any atom is 0.191 e. The van der Waals surface area contributed by atoms with Crippen LogP contribution in [0.25, 0.3) is 0 Å². The summed E-state index contributed by atoms with van der Waals surface area (Å²) in [7, 11) is 1.87. The monoisotopic (exact) mass is 406 g/mol. The average Bonchev–Trinajstić information content (AvgIpc) is 3.19. The maximum atomic E-state index is 5.99. The van der Waals surface area contributed by atoms with Gasteiger partial charge >= 0.3 is 0 Å². The second kappa shape index (κ2) is 9.11. The molecule has 3 fully saturated rings. The van der Waals surface area contributed by atoms with Crippen LogP contribution < -0.4 is 10.6 Å². The topological polar surface area (TPSA) is 58.1 Å². The maximum absolute atomic E-state index is 5.99. The fourth-order valence-corrected chi connectivity index (χ4v) is 5.83. The highest BCUT2D eigenvalue weighted by Gasteiger charge is 2.59. The predicted octanol–water partition coefficient (Wildman–Crippen LogP) is 2.63. The Kier molecular flexibility index (Phi) is 6.55. The molecule has 2 aliphatic carbocycles. The summed E-state index contributed by atoms with van der Waals surface area (Å²) in [5.74, 6) is 0.918. The molecule has 1 aliphatic heterocycles. The Balaban J connectivity index is 1.35. The summed E-state index contributed by atoms with van der Waals surface area (Å²) < 4.78 is 11.5. The van der Waals surface area contributed by atoms with E-state index in [-0.39, 0.29) is 0 Å². The van der Waals surface area contributed by atoms with Crippen LogP contribution in [0.4, 0.5) is 0 Å². The highest BCUT2D eigenvalue weighted by atomic mass is 32.1. The summed E-state index contributed by atoms with van der Waals surface area (Å²) in [5, 5.41) is 9.48. The van der Waals surface area contributed by atoms with Gasteiger partial charge in [-0.05, 0) is 37.6 Å². The van der Waals surface area contributed by atoms with Crippen molar-refractivity contribution in [1.29, 1.82) is 0 Å². The second-order valence-electron chi connectivity index (χ2n) is 8.10. The molecule has 156 valence electrons. The van der Waals surface area contributed by atoms with Crippen LogP contribution in [0.1, 0.15) is 43.5 Å². The van der Waals surface area contributed by atoms with Gasteiger partial charge in [-0.15, -0.1) is 11.3 Å². The molecule has 3 atom stereocenters. The lowest BCUT2D eigenvalue weighted by Crippen LogP contribution is -2.68. The first-order valence-corrected chi connectivity index (χ1v) is 11.6. The standard InChI is InChI=1S/C21H34N4O2S/c1-3-27-19-14-18(21(19)7-5-8-21)24-20(22-2)23-15-16(17-6-4-13-28-17)25-9-11-26-12-10-25/h4,6,13,16,18-19H,3,5,7-12,14-15H2,1-2H3,(H2,22,23,24). The Morgan fingerprint density at radius 1 is 1.43 bits per heavy atom. The van der Waals surface area contributed by atoms with Crippen molar-refractivity contribution in [2.24, 2.45) is 10.4 Å². The molecule has 1 aromatic rings. The van der Waals surface area contributed by atoms with Crippen molar-refractivity contribution in [2.75, 3.05) is 46.5 Å². The molecule has 2 saturated carbocycles. The number of nitrogens with zero attached hydrogens (tertiary/aromatic N) is 2. The molecule has 2 heterocycles. The summed E-state index contributed by atoms with van der Waals surface area (Å²) in [5.41, 5.74) is 0.338. The predicted molar refractivity (Wildman–Crippen MR) is 114 cm³/mol. The molecule has 0 bridgehead atoms. The molecule has 6 nitrogen and oxygen atoms in total. The summed E-state index contributed by atoms with van der Waals surface area (Å²) in [6.45, 7) is 7.37. The molecule has 3 aliphatic rings. The van der Waals surface area contributed by atoms with E-state index in [1.807, 2.05) is 18.4 Å². The van der Waals surface area contributed by atoms with Crippen LogP contribution in [-0.2, 0) is 9.47 Å². The summed E-state index contributed by atoms with van der Waals surface area (Å²) in [6, 6.07) is 5.22. The lowest BCUT2D eigenvalue weighted by atomic mass is 9.51. The van der Waals surface area contributed by atoms with E-state index in [1.165, 1.54) is 24.1 Å². The van der Waals surface area contributed by atoms with Gasteiger partial charge < -0.3 is 20.1 Å². The zero-order valence-electron chi connectivity index (χ0n) is 17.2. The molecule has 0 radical (unpaired) electrons. The molecular weight excluding hydrogens is 372 g/mol. The van der Waals surface area contributed by atoms with E-state index >= 15 is 0 Å². The largest absolute Gasteiger partial charge is 0.379 e. The average molecular weight is 407 g/mol. The van der Waals surface area contributed by atoms with Crippen molar-refractivity contribution in [3.63, 3.8) is 0 Å². The van der Waals surface area contributed by atoms with Crippen molar-refractivity contribution in [2.45, 2.75) is 50.8 Å². The molecule has 28 heavy (non-hydrogen) atoms. The van der Waals surface area contributed by atoms with Gasteiger partial charge in [0.05, 0.1) is 25.4 Å².